The maximum Gasteiger partial charge on any atom is 0.328 e. The van der Waals surface area contributed by atoms with E-state index in [2.05, 4.69) is 4.99 Å². The molecule has 0 aliphatic heterocycles. The van der Waals surface area contributed by atoms with E-state index in [1.54, 1.807) is 30.5 Å². The first-order chi connectivity index (χ1) is 12.9. The first-order valence-corrected chi connectivity index (χ1v) is 9.04. The van der Waals surface area contributed by atoms with Crippen LogP contribution >= 0.6 is 11.3 Å². The highest BCUT2D eigenvalue weighted by Gasteiger charge is 2.21. The van der Waals surface area contributed by atoms with E-state index in [4.69, 9.17) is 4.74 Å². The van der Waals surface area contributed by atoms with E-state index in [-0.39, 0.29) is 17.0 Å². The number of nitrogens with zero attached hydrogens (tertiary/aromatic N) is 2. The van der Waals surface area contributed by atoms with Crippen molar-refractivity contribution in [2.45, 2.75) is 19.9 Å². The fraction of sp³-hybridized carbons (Fsp3) is 0.211. The molecule has 1 aromatic heterocycles. The lowest BCUT2D eigenvalue weighted by molar-refractivity contribution is -0.146. The Bertz CT molecular complexity index is 1070. The van der Waals surface area contributed by atoms with Gasteiger partial charge in [0, 0.05) is 11.6 Å². The van der Waals surface area contributed by atoms with Crippen LogP contribution in [-0.4, -0.2) is 23.1 Å². The second kappa shape index (κ2) is 7.79. The number of aromatic nitrogens is 1. The Morgan fingerprint density at radius 2 is 1.85 bits per heavy atom. The normalized spacial score (nSPS) is 13.0. The van der Waals surface area contributed by atoms with Gasteiger partial charge in [0.05, 0.1) is 16.8 Å². The van der Waals surface area contributed by atoms with Gasteiger partial charge in [-0.25, -0.2) is 13.6 Å². The number of benzene rings is 2. The maximum atomic E-state index is 13.4. The molecule has 0 spiro atoms. The smallest absolute Gasteiger partial charge is 0.328 e. The van der Waals surface area contributed by atoms with E-state index in [0.717, 1.165) is 16.8 Å². The van der Waals surface area contributed by atoms with Crippen LogP contribution in [0.3, 0.4) is 0 Å². The molecule has 2 aromatic carbocycles. The molecular formula is C19H16F2N2O3S. The molecule has 1 amide bonds. The quantitative estimate of drug-likeness (QED) is 0.636. The zero-order chi connectivity index (χ0) is 19.6. The first-order valence-electron chi connectivity index (χ1n) is 8.22. The summed E-state index contributed by atoms with van der Waals surface area (Å²) in [5.74, 6) is -2.99. The fourth-order valence-electron chi connectivity index (χ4n) is 2.64. The van der Waals surface area contributed by atoms with Crippen LogP contribution in [0, 0.1) is 11.6 Å². The average Bonchev–Trinajstić information content (AvgIpc) is 2.98. The number of ether oxygens (including phenoxy) is 1. The van der Waals surface area contributed by atoms with E-state index in [1.165, 1.54) is 11.3 Å². The van der Waals surface area contributed by atoms with Gasteiger partial charge in [0.1, 0.15) is 17.7 Å². The van der Waals surface area contributed by atoms with Crippen molar-refractivity contribution in [3.63, 3.8) is 0 Å². The Morgan fingerprint density at radius 3 is 2.52 bits per heavy atom. The van der Waals surface area contributed by atoms with Crippen LogP contribution in [0.5, 0.6) is 0 Å². The molecule has 140 valence electrons. The van der Waals surface area contributed by atoms with E-state index in [1.807, 2.05) is 12.1 Å². The van der Waals surface area contributed by atoms with Crippen molar-refractivity contribution >= 4 is 33.4 Å². The van der Waals surface area contributed by atoms with Gasteiger partial charge >= 0.3 is 5.97 Å². The van der Waals surface area contributed by atoms with Gasteiger partial charge in [-0.15, -0.1) is 0 Å². The standard InChI is InChI=1S/C19H16F2N2O3S/c1-3-26-18(25)11(2)23-15-6-4-5-7-16(15)27-19(23)22-17(24)12-8-13(20)10-14(21)9-12/h4-11H,3H2,1-2H3/b22-19-. The van der Waals surface area contributed by atoms with E-state index in [0.29, 0.717) is 11.6 Å². The monoisotopic (exact) mass is 390 g/mol. The molecule has 1 heterocycles. The highest BCUT2D eigenvalue weighted by molar-refractivity contribution is 7.16. The molecule has 0 saturated carbocycles. The Balaban J connectivity index is 2.15. The molecule has 0 N–H and O–H groups in total. The lowest BCUT2D eigenvalue weighted by atomic mass is 10.2. The van der Waals surface area contributed by atoms with Crippen molar-refractivity contribution in [1.29, 1.82) is 0 Å². The minimum absolute atomic E-state index is 0.208. The largest absolute Gasteiger partial charge is 0.464 e. The highest BCUT2D eigenvalue weighted by Crippen LogP contribution is 2.21. The van der Waals surface area contributed by atoms with Crippen molar-refractivity contribution in [3.8, 4) is 0 Å². The molecule has 3 rings (SSSR count). The summed E-state index contributed by atoms with van der Waals surface area (Å²) < 4.78 is 34.3. The van der Waals surface area contributed by atoms with Crippen LogP contribution in [-0.2, 0) is 9.53 Å². The van der Waals surface area contributed by atoms with Gasteiger partial charge in [0.25, 0.3) is 5.91 Å². The zero-order valence-electron chi connectivity index (χ0n) is 14.6. The van der Waals surface area contributed by atoms with Crippen molar-refractivity contribution in [1.82, 2.24) is 4.57 Å². The number of rotatable bonds is 4. The average molecular weight is 390 g/mol. The molecule has 8 heteroatoms. The minimum atomic E-state index is -0.863. The lowest BCUT2D eigenvalue weighted by Gasteiger charge is -2.13. The number of para-hydroxylation sites is 1. The SMILES string of the molecule is CCOC(=O)C(C)n1/c(=N/C(=O)c2cc(F)cc(F)c2)sc2ccccc21. The van der Waals surface area contributed by atoms with Crippen molar-refractivity contribution in [2.75, 3.05) is 6.61 Å². The molecule has 0 aliphatic rings. The molecule has 1 atom stereocenters. The lowest BCUT2D eigenvalue weighted by Crippen LogP contribution is -2.27. The number of hydrogen-bond acceptors (Lipinski definition) is 4. The van der Waals surface area contributed by atoms with Gasteiger partial charge in [-0.05, 0) is 38.1 Å². The number of amides is 1. The van der Waals surface area contributed by atoms with Crippen LogP contribution in [0.2, 0.25) is 0 Å². The second-order valence-electron chi connectivity index (χ2n) is 5.73. The number of halogens is 2. The number of carbonyl (C=O) groups excluding carboxylic acids is 2. The van der Waals surface area contributed by atoms with E-state index < -0.39 is 29.6 Å². The molecule has 27 heavy (non-hydrogen) atoms. The van der Waals surface area contributed by atoms with Gasteiger partial charge in [-0.1, -0.05) is 23.5 Å². The number of hydrogen-bond donors (Lipinski definition) is 0. The van der Waals surface area contributed by atoms with E-state index >= 15 is 0 Å². The summed E-state index contributed by atoms with van der Waals surface area (Å²) in [5.41, 5.74) is 0.500. The molecule has 0 aliphatic carbocycles. The summed E-state index contributed by atoms with van der Waals surface area (Å²) in [6, 6.07) is 9.05. The summed E-state index contributed by atoms with van der Waals surface area (Å²) >= 11 is 1.20. The molecule has 0 fully saturated rings. The molecule has 5 nitrogen and oxygen atoms in total. The third-order valence-corrected chi connectivity index (χ3v) is 4.89. The Labute approximate surface area is 157 Å². The van der Waals surface area contributed by atoms with Crippen LogP contribution in [0.1, 0.15) is 30.2 Å². The molecular weight excluding hydrogens is 374 g/mol. The van der Waals surface area contributed by atoms with Crippen LogP contribution < -0.4 is 4.80 Å². The number of thiazole rings is 1. The number of esters is 1. The summed E-state index contributed by atoms with van der Waals surface area (Å²) in [6.07, 6.45) is 0. The van der Waals surface area contributed by atoms with Crippen molar-refractivity contribution in [2.24, 2.45) is 4.99 Å². The highest BCUT2D eigenvalue weighted by atomic mass is 32.1. The second-order valence-corrected chi connectivity index (χ2v) is 6.73. The molecule has 0 bridgehead atoms. The predicted octanol–water partition coefficient (Wildman–Crippen LogP) is 3.85. The molecule has 0 saturated heterocycles. The van der Waals surface area contributed by atoms with Gasteiger partial charge in [0.2, 0.25) is 0 Å². The third kappa shape index (κ3) is 3.95. The Morgan fingerprint density at radius 1 is 1.19 bits per heavy atom. The summed E-state index contributed by atoms with van der Waals surface area (Å²) in [5, 5.41) is 0. The topological polar surface area (TPSA) is 60.7 Å². The number of fused-ring (bicyclic) bond motifs is 1. The van der Waals surface area contributed by atoms with E-state index in [9.17, 15) is 18.4 Å². The van der Waals surface area contributed by atoms with Crippen LogP contribution in [0.15, 0.2) is 47.5 Å². The maximum absolute atomic E-state index is 13.4. The van der Waals surface area contributed by atoms with Crippen molar-refractivity contribution < 1.29 is 23.1 Å². The van der Waals surface area contributed by atoms with Gasteiger partial charge in [0.15, 0.2) is 4.80 Å². The number of carbonyl (C=O) groups is 2. The third-order valence-electron chi connectivity index (χ3n) is 3.85. The van der Waals surface area contributed by atoms with Crippen LogP contribution in [0.25, 0.3) is 10.2 Å². The zero-order valence-corrected chi connectivity index (χ0v) is 15.4. The summed E-state index contributed by atoms with van der Waals surface area (Å²) in [7, 11) is 0. The fourth-order valence-corrected chi connectivity index (χ4v) is 3.74. The summed E-state index contributed by atoms with van der Waals surface area (Å²) in [6.45, 7) is 3.57. The Kier molecular flexibility index (Phi) is 5.46. The van der Waals surface area contributed by atoms with Gasteiger partial charge in [-0.2, -0.15) is 4.99 Å². The predicted molar refractivity (Wildman–Crippen MR) is 97.4 cm³/mol. The first kappa shape index (κ1) is 18.9. The van der Waals surface area contributed by atoms with Gasteiger partial charge < -0.3 is 9.30 Å². The van der Waals surface area contributed by atoms with Crippen molar-refractivity contribution in [3.05, 3.63) is 64.5 Å². The Hall–Kier alpha value is -2.87. The summed E-state index contributed by atoms with van der Waals surface area (Å²) in [4.78, 5) is 28.9. The van der Waals surface area contributed by atoms with Gasteiger partial charge in [-0.3, -0.25) is 4.79 Å². The molecule has 1 unspecified atom stereocenters. The molecule has 3 aromatic rings. The minimum Gasteiger partial charge on any atom is -0.464 e. The molecule has 0 radical (unpaired) electrons. The van der Waals surface area contributed by atoms with Crippen LogP contribution in [0.4, 0.5) is 8.78 Å².